The summed E-state index contributed by atoms with van der Waals surface area (Å²) in [6, 6.07) is 5.91. The van der Waals surface area contributed by atoms with Gasteiger partial charge in [0.05, 0.1) is 0 Å². The van der Waals surface area contributed by atoms with Crippen LogP contribution in [0.15, 0.2) is 18.2 Å². The first-order valence-electron chi connectivity index (χ1n) is 4.95. The zero-order valence-corrected chi connectivity index (χ0v) is 8.63. The Morgan fingerprint density at radius 1 is 1.40 bits per heavy atom. The number of aryl methyl sites for hydroxylation is 1. The molecule has 1 saturated heterocycles. The lowest BCUT2D eigenvalue weighted by molar-refractivity contribution is -0.461. The number of fused-ring (bicyclic) bond motifs is 2. The quantitative estimate of drug-likeness (QED) is 0.672. The highest BCUT2D eigenvalue weighted by Gasteiger charge is 2.53. The maximum atomic E-state index is 7.81. The minimum Gasteiger partial charge on any atom is -0.315 e. The predicted molar refractivity (Wildman–Crippen MR) is 54.5 cm³/mol. The van der Waals surface area contributed by atoms with E-state index in [0.717, 1.165) is 16.7 Å². The SMILES string of the molecule is Cc1ccc2c(c1)C(=N)NC21OC(C)O1. The third-order valence-corrected chi connectivity index (χ3v) is 2.75. The van der Waals surface area contributed by atoms with Crippen molar-refractivity contribution < 1.29 is 9.47 Å². The molecule has 1 fully saturated rings. The van der Waals surface area contributed by atoms with Gasteiger partial charge in [0.25, 0.3) is 5.91 Å². The molecule has 4 nitrogen and oxygen atoms in total. The van der Waals surface area contributed by atoms with Crippen LogP contribution in [0, 0.1) is 12.3 Å². The minimum absolute atomic E-state index is 0.211. The Hall–Kier alpha value is -1.39. The Morgan fingerprint density at radius 3 is 2.80 bits per heavy atom. The van der Waals surface area contributed by atoms with Crippen LogP contribution in [0.2, 0.25) is 0 Å². The van der Waals surface area contributed by atoms with Gasteiger partial charge < -0.3 is 5.32 Å². The van der Waals surface area contributed by atoms with Crippen LogP contribution < -0.4 is 5.32 Å². The van der Waals surface area contributed by atoms with Crippen molar-refractivity contribution >= 4 is 5.84 Å². The minimum atomic E-state index is -0.889. The number of ether oxygens (including phenoxy) is 2. The van der Waals surface area contributed by atoms with Crippen LogP contribution in [-0.4, -0.2) is 12.1 Å². The molecule has 1 spiro atoms. The van der Waals surface area contributed by atoms with E-state index in [2.05, 4.69) is 5.32 Å². The molecule has 0 amide bonds. The third kappa shape index (κ3) is 1.06. The molecule has 78 valence electrons. The molecule has 2 aliphatic heterocycles. The predicted octanol–water partition coefficient (Wildman–Crippen LogP) is 1.43. The van der Waals surface area contributed by atoms with Gasteiger partial charge in [-0.2, -0.15) is 0 Å². The maximum Gasteiger partial charge on any atom is 0.284 e. The molecule has 0 saturated carbocycles. The van der Waals surface area contributed by atoms with Crippen LogP contribution in [0.1, 0.15) is 23.6 Å². The second-order valence-electron chi connectivity index (χ2n) is 3.97. The van der Waals surface area contributed by atoms with Gasteiger partial charge in [-0.15, -0.1) is 0 Å². The first-order chi connectivity index (χ1) is 7.11. The van der Waals surface area contributed by atoms with Crippen molar-refractivity contribution in [3.63, 3.8) is 0 Å². The van der Waals surface area contributed by atoms with E-state index < -0.39 is 5.91 Å². The molecule has 2 heterocycles. The number of rotatable bonds is 0. The summed E-state index contributed by atoms with van der Waals surface area (Å²) in [5.74, 6) is -0.528. The van der Waals surface area contributed by atoms with Crippen LogP contribution >= 0.6 is 0 Å². The fraction of sp³-hybridized carbons (Fsp3) is 0.364. The largest absolute Gasteiger partial charge is 0.315 e. The normalized spacial score (nSPS) is 32.4. The Bertz CT molecular complexity index is 450. The molecule has 1 aromatic rings. The van der Waals surface area contributed by atoms with Crippen molar-refractivity contribution in [3.8, 4) is 0 Å². The fourth-order valence-electron chi connectivity index (χ4n) is 2.11. The van der Waals surface area contributed by atoms with Gasteiger partial charge >= 0.3 is 0 Å². The average molecular weight is 204 g/mol. The first kappa shape index (κ1) is 8.88. The van der Waals surface area contributed by atoms with Crippen molar-refractivity contribution in [3.05, 3.63) is 34.9 Å². The number of benzene rings is 1. The molecule has 3 rings (SSSR count). The van der Waals surface area contributed by atoms with Crippen LogP contribution in [-0.2, 0) is 15.4 Å². The van der Waals surface area contributed by atoms with E-state index in [1.54, 1.807) is 0 Å². The summed E-state index contributed by atoms with van der Waals surface area (Å²) in [5.41, 5.74) is 2.89. The van der Waals surface area contributed by atoms with Crippen molar-refractivity contribution in [2.45, 2.75) is 26.0 Å². The highest BCUT2D eigenvalue weighted by Crippen LogP contribution is 2.42. The van der Waals surface area contributed by atoms with E-state index in [0.29, 0.717) is 5.84 Å². The second-order valence-corrected chi connectivity index (χ2v) is 3.97. The van der Waals surface area contributed by atoms with Crippen molar-refractivity contribution in [2.75, 3.05) is 0 Å². The van der Waals surface area contributed by atoms with Gasteiger partial charge in [0.2, 0.25) is 0 Å². The van der Waals surface area contributed by atoms with Crippen molar-refractivity contribution in [1.29, 1.82) is 5.41 Å². The highest BCUT2D eigenvalue weighted by molar-refractivity contribution is 6.01. The van der Waals surface area contributed by atoms with Gasteiger partial charge in [-0.05, 0) is 19.9 Å². The van der Waals surface area contributed by atoms with Gasteiger partial charge in [-0.3, -0.25) is 14.9 Å². The topological polar surface area (TPSA) is 54.3 Å². The van der Waals surface area contributed by atoms with Crippen molar-refractivity contribution in [2.24, 2.45) is 0 Å². The molecule has 2 N–H and O–H groups in total. The average Bonchev–Trinajstić information content (AvgIpc) is 2.40. The van der Waals surface area contributed by atoms with E-state index in [4.69, 9.17) is 14.9 Å². The lowest BCUT2D eigenvalue weighted by Crippen LogP contribution is -2.57. The molecule has 0 aliphatic carbocycles. The Balaban J connectivity index is 2.11. The summed E-state index contributed by atoms with van der Waals surface area (Å²) in [6.07, 6.45) is -0.211. The monoisotopic (exact) mass is 204 g/mol. The van der Waals surface area contributed by atoms with E-state index in [9.17, 15) is 0 Å². The molecule has 2 aliphatic rings. The molecule has 0 radical (unpaired) electrons. The standard InChI is InChI=1S/C11H12N2O2/c1-6-3-4-9-8(5-6)10(12)13-11(9)14-7(2)15-11/h3-5,7H,1-2H3,(H2,12,13). The van der Waals surface area contributed by atoms with Gasteiger partial charge in [-0.25, -0.2) is 0 Å². The zero-order chi connectivity index (χ0) is 10.6. The number of nitrogens with one attached hydrogen (secondary N) is 2. The molecule has 0 atom stereocenters. The Morgan fingerprint density at radius 2 is 2.13 bits per heavy atom. The van der Waals surface area contributed by atoms with Gasteiger partial charge in [0.15, 0.2) is 6.29 Å². The van der Waals surface area contributed by atoms with Gasteiger partial charge in [0, 0.05) is 11.1 Å². The summed E-state index contributed by atoms with van der Waals surface area (Å²) in [7, 11) is 0. The maximum absolute atomic E-state index is 7.81. The smallest absolute Gasteiger partial charge is 0.284 e. The second kappa shape index (κ2) is 2.59. The van der Waals surface area contributed by atoms with E-state index in [1.165, 1.54) is 0 Å². The zero-order valence-electron chi connectivity index (χ0n) is 8.63. The Labute approximate surface area is 87.7 Å². The molecular formula is C11H12N2O2. The highest BCUT2D eigenvalue weighted by atomic mass is 16.9. The molecule has 15 heavy (non-hydrogen) atoms. The molecule has 0 bridgehead atoms. The molecule has 1 aromatic carbocycles. The summed E-state index contributed by atoms with van der Waals surface area (Å²) in [5, 5.41) is 10.7. The van der Waals surface area contributed by atoms with Crippen LogP contribution in [0.3, 0.4) is 0 Å². The summed E-state index contributed by atoms with van der Waals surface area (Å²) >= 11 is 0. The van der Waals surface area contributed by atoms with Gasteiger partial charge in [-0.1, -0.05) is 17.7 Å². The molecule has 4 heteroatoms. The molecule has 0 unspecified atom stereocenters. The van der Waals surface area contributed by atoms with E-state index in [1.807, 2.05) is 32.0 Å². The molecular weight excluding hydrogens is 192 g/mol. The fourth-order valence-corrected chi connectivity index (χ4v) is 2.11. The number of hydrogen-bond donors (Lipinski definition) is 2. The number of amidine groups is 1. The number of hydrogen-bond acceptors (Lipinski definition) is 3. The Kier molecular flexibility index (Phi) is 1.53. The van der Waals surface area contributed by atoms with E-state index in [-0.39, 0.29) is 6.29 Å². The van der Waals surface area contributed by atoms with E-state index >= 15 is 0 Å². The lowest BCUT2D eigenvalue weighted by atomic mass is 10.0. The lowest BCUT2D eigenvalue weighted by Gasteiger charge is -2.43. The van der Waals surface area contributed by atoms with Crippen molar-refractivity contribution in [1.82, 2.24) is 5.32 Å². The summed E-state index contributed by atoms with van der Waals surface area (Å²) in [6.45, 7) is 3.84. The van der Waals surface area contributed by atoms with Crippen LogP contribution in [0.5, 0.6) is 0 Å². The van der Waals surface area contributed by atoms with Gasteiger partial charge in [0.1, 0.15) is 5.84 Å². The summed E-state index contributed by atoms with van der Waals surface area (Å²) < 4.78 is 11.1. The third-order valence-electron chi connectivity index (χ3n) is 2.75. The summed E-state index contributed by atoms with van der Waals surface area (Å²) in [4.78, 5) is 0. The molecule has 0 aromatic heterocycles. The van der Waals surface area contributed by atoms with Crippen LogP contribution in [0.4, 0.5) is 0 Å². The first-order valence-corrected chi connectivity index (χ1v) is 4.95. The van der Waals surface area contributed by atoms with Crippen LogP contribution in [0.25, 0.3) is 0 Å².